The third-order valence-electron chi connectivity index (χ3n) is 20.2. The van der Waals surface area contributed by atoms with Crippen molar-refractivity contribution in [3.8, 4) is 0 Å². The largest absolute Gasteiger partial charge is 0.464 e. The molecule has 6 aliphatic heterocycles. The molecular formula is C63H93N9O8. The van der Waals surface area contributed by atoms with Crippen molar-refractivity contribution in [1.82, 2.24) is 35.4 Å². The number of cyclic esters (lactones) is 1. The Morgan fingerprint density at radius 3 is 2.35 bits per heavy atom. The van der Waals surface area contributed by atoms with Crippen LogP contribution in [-0.2, 0) is 38.1 Å². The number of nitrogens with one attached hydrogen (secondary N) is 2. The number of carbonyl (C=O) groups is 3. The highest BCUT2D eigenvalue weighted by Gasteiger charge is 2.57. The third-order valence-corrected chi connectivity index (χ3v) is 20.2. The SMILES string of the molecule is CCC1C2C(c3cc(N4CCN(C5CC5)CC4)cnc3[C@H](C)OC)=C3CC(C)(C)COC(=O)[C@@H]4CCCN(N4)C(=O)[C@@H](NC(=O)[C@H](C4CCCC4)N4CCCCCOCC4)[C@H](N4CCOCC4)[C@H]4CN(CCO4)c4ccc(c3c4)C12. The van der Waals surface area contributed by atoms with Crippen LogP contribution in [0.15, 0.2) is 30.5 Å². The van der Waals surface area contributed by atoms with Gasteiger partial charge < -0.3 is 38.8 Å². The van der Waals surface area contributed by atoms with E-state index in [4.69, 9.17) is 28.7 Å². The standard InChI is InChI=1S/C63H93N9O8/c1-6-46-53-47-19-18-44-35-48(47)50(54(55(46)53)49-36-45(38-64-56(49)41(2)76-5)68-24-22-67(23-25-68)43-16-17-43)37-63(3,4)40-80-62(75)51-15-12-21-72(66-51)61(74)57(59(70-27-32-78-33-28-70)52-39-71(44)29-34-79-52)65-60(73)58(42-13-8-9-14-42)69-20-10-7-11-30-77-31-26-69/h18-19,35-36,38,41-43,46,51-53,55,57-59,66H,6-17,20-34,37,39-40H2,1-5H3,(H,65,73)/t41-,46?,51-,52+,53?,55?,57-,58-,59+/m0/s1. The summed E-state index contributed by atoms with van der Waals surface area (Å²) in [5.41, 5.74) is 12.7. The molecule has 17 nitrogen and oxygen atoms in total. The Labute approximate surface area is 476 Å². The highest BCUT2D eigenvalue weighted by atomic mass is 16.5. The quantitative estimate of drug-likeness (QED) is 0.231. The van der Waals surface area contributed by atoms with Crippen LogP contribution in [0, 0.1) is 23.2 Å². The number of rotatable bonds is 11. The van der Waals surface area contributed by atoms with Gasteiger partial charge in [-0.25, -0.2) is 5.43 Å². The van der Waals surface area contributed by atoms with E-state index in [2.05, 4.69) is 93.4 Å². The van der Waals surface area contributed by atoms with E-state index < -0.39 is 35.7 Å². The molecule has 1 aromatic heterocycles. The molecule has 2 N–H and O–H groups in total. The number of hydrogen-bond acceptors (Lipinski definition) is 15. The van der Waals surface area contributed by atoms with Gasteiger partial charge in [0.15, 0.2) is 0 Å². The number of piperazine rings is 1. The lowest BCUT2D eigenvalue weighted by atomic mass is 9.75. The molecule has 6 bridgehead atoms. The summed E-state index contributed by atoms with van der Waals surface area (Å²) >= 11 is 0. The zero-order valence-corrected chi connectivity index (χ0v) is 48.8. The van der Waals surface area contributed by atoms with Gasteiger partial charge in [0, 0.05) is 102 Å². The zero-order chi connectivity index (χ0) is 55.1. The van der Waals surface area contributed by atoms with Gasteiger partial charge >= 0.3 is 5.97 Å². The number of nitrogens with zero attached hydrogens (tertiary/aromatic N) is 7. The summed E-state index contributed by atoms with van der Waals surface area (Å²) in [4.78, 5) is 63.7. The minimum Gasteiger partial charge on any atom is -0.464 e. The van der Waals surface area contributed by atoms with E-state index in [-0.39, 0.29) is 36.4 Å². The second kappa shape index (κ2) is 24.6. The summed E-state index contributed by atoms with van der Waals surface area (Å²) in [6.07, 6.45) is 14.1. The van der Waals surface area contributed by atoms with Crippen LogP contribution in [0.4, 0.5) is 11.4 Å². The number of anilines is 2. The first-order valence-corrected chi connectivity index (χ1v) is 31.4. The van der Waals surface area contributed by atoms with Gasteiger partial charge in [0.2, 0.25) is 5.91 Å². The van der Waals surface area contributed by atoms with Gasteiger partial charge in [-0.05, 0) is 142 Å². The Balaban J connectivity index is 0.958. The first-order valence-electron chi connectivity index (χ1n) is 31.4. The zero-order valence-electron chi connectivity index (χ0n) is 48.8. The average Bonchev–Trinajstić information content (AvgIpc) is 4.43. The van der Waals surface area contributed by atoms with E-state index >= 15 is 9.59 Å². The molecule has 8 fully saturated rings. The van der Waals surface area contributed by atoms with Gasteiger partial charge in [-0.3, -0.25) is 39.1 Å². The van der Waals surface area contributed by atoms with Crippen LogP contribution >= 0.6 is 0 Å². The number of hydrazine groups is 1. The number of esters is 1. The predicted molar refractivity (Wildman–Crippen MR) is 309 cm³/mol. The molecule has 438 valence electrons. The fraction of sp³-hybridized carbons (Fsp3) is 0.746. The maximum Gasteiger partial charge on any atom is 0.324 e. The van der Waals surface area contributed by atoms with Gasteiger partial charge in [-0.1, -0.05) is 46.1 Å². The summed E-state index contributed by atoms with van der Waals surface area (Å²) < 4.78 is 31.7. The molecular weight excluding hydrogens is 1010 g/mol. The number of amides is 2. The van der Waals surface area contributed by atoms with E-state index in [9.17, 15) is 4.79 Å². The number of aromatic nitrogens is 1. The Kier molecular flexibility index (Phi) is 17.3. The average molecular weight is 1100 g/mol. The highest BCUT2D eigenvalue weighted by Crippen LogP contribution is 2.68. The second-order valence-electron chi connectivity index (χ2n) is 26.0. The van der Waals surface area contributed by atoms with Crippen LogP contribution < -0.4 is 20.5 Å². The molecule has 4 aliphatic carbocycles. The van der Waals surface area contributed by atoms with Gasteiger partial charge in [0.1, 0.15) is 12.1 Å². The predicted octanol–water partition coefficient (Wildman–Crippen LogP) is 6.66. The van der Waals surface area contributed by atoms with Crippen molar-refractivity contribution in [3.63, 3.8) is 0 Å². The van der Waals surface area contributed by atoms with Gasteiger partial charge in [0.25, 0.3) is 5.91 Å². The lowest BCUT2D eigenvalue weighted by Gasteiger charge is -2.47. The van der Waals surface area contributed by atoms with Gasteiger partial charge in [-0.2, -0.15) is 0 Å². The van der Waals surface area contributed by atoms with Crippen LogP contribution in [0.2, 0.25) is 0 Å². The van der Waals surface area contributed by atoms with E-state index in [1.165, 1.54) is 46.4 Å². The first-order chi connectivity index (χ1) is 39.0. The van der Waals surface area contributed by atoms with Crippen LogP contribution in [0.1, 0.15) is 146 Å². The molecule has 3 saturated carbocycles. The van der Waals surface area contributed by atoms with Gasteiger partial charge in [-0.15, -0.1) is 0 Å². The summed E-state index contributed by atoms with van der Waals surface area (Å²) in [7, 11) is 1.79. The summed E-state index contributed by atoms with van der Waals surface area (Å²) in [6, 6.07) is 7.72. The summed E-state index contributed by atoms with van der Waals surface area (Å²) in [5, 5.41) is 5.16. The topological polar surface area (TPSA) is 154 Å². The molecule has 0 spiro atoms. The summed E-state index contributed by atoms with van der Waals surface area (Å²) in [5.74, 6) is 0.591. The number of morpholine rings is 2. The molecule has 2 aromatic rings. The first kappa shape index (κ1) is 56.3. The van der Waals surface area contributed by atoms with E-state index in [0.29, 0.717) is 103 Å². The summed E-state index contributed by atoms with van der Waals surface area (Å²) in [6.45, 7) is 20.3. The Morgan fingerprint density at radius 1 is 0.800 bits per heavy atom. The smallest absolute Gasteiger partial charge is 0.324 e. The number of methoxy groups -OCH3 is 1. The fourth-order valence-corrected chi connectivity index (χ4v) is 15.6. The molecule has 7 heterocycles. The molecule has 80 heavy (non-hydrogen) atoms. The van der Waals surface area contributed by atoms with E-state index in [1.807, 2.05) is 0 Å². The van der Waals surface area contributed by atoms with Crippen molar-refractivity contribution in [2.45, 2.75) is 160 Å². The van der Waals surface area contributed by atoms with Crippen LogP contribution in [0.5, 0.6) is 0 Å². The normalized spacial score (nSPS) is 31.5. The number of benzene rings is 1. The Morgan fingerprint density at radius 2 is 1.57 bits per heavy atom. The Hall–Kier alpha value is -4.20. The second-order valence-corrected chi connectivity index (χ2v) is 26.0. The molecule has 12 rings (SSSR count). The molecule has 0 radical (unpaired) electrons. The number of carbonyl (C=O) groups excluding carboxylic acids is 3. The van der Waals surface area contributed by atoms with Crippen molar-refractivity contribution >= 4 is 40.3 Å². The third kappa shape index (κ3) is 11.8. The molecule has 5 saturated heterocycles. The fourth-order valence-electron chi connectivity index (χ4n) is 15.6. The maximum absolute atomic E-state index is 15.8. The van der Waals surface area contributed by atoms with Crippen molar-refractivity contribution in [1.29, 1.82) is 0 Å². The number of allylic oxidation sites excluding steroid dienone is 2. The van der Waals surface area contributed by atoms with Crippen molar-refractivity contribution in [2.75, 3.05) is 129 Å². The minimum absolute atomic E-state index is 0.105. The molecule has 9 atom stereocenters. The molecule has 1 aromatic carbocycles. The van der Waals surface area contributed by atoms with E-state index in [1.54, 1.807) is 12.1 Å². The van der Waals surface area contributed by atoms with Crippen LogP contribution in [0.25, 0.3) is 11.1 Å². The monoisotopic (exact) mass is 1100 g/mol. The van der Waals surface area contributed by atoms with Crippen LogP contribution in [0.3, 0.4) is 0 Å². The molecule has 10 aliphatic rings. The Bertz CT molecular complexity index is 2550. The molecule has 2 amide bonds. The number of fused-ring (bicyclic) bond motifs is 8. The van der Waals surface area contributed by atoms with E-state index in [0.717, 1.165) is 108 Å². The van der Waals surface area contributed by atoms with Crippen LogP contribution in [-0.4, -0.2) is 198 Å². The maximum atomic E-state index is 15.8. The highest BCUT2D eigenvalue weighted by molar-refractivity contribution is 5.99. The van der Waals surface area contributed by atoms with Crippen molar-refractivity contribution < 1.29 is 38.1 Å². The van der Waals surface area contributed by atoms with Crippen molar-refractivity contribution in [2.24, 2.45) is 23.2 Å². The number of pyridine rings is 1. The lowest BCUT2D eigenvalue weighted by Crippen LogP contribution is -2.70. The van der Waals surface area contributed by atoms with Gasteiger partial charge in [0.05, 0.1) is 74.9 Å². The van der Waals surface area contributed by atoms with Crippen molar-refractivity contribution in [3.05, 3.63) is 52.8 Å². The number of hydrogen-bond donors (Lipinski definition) is 2. The molecule has 17 heteroatoms. The minimum atomic E-state index is -0.989. The number of ether oxygens (including phenoxy) is 5. The molecule has 3 unspecified atom stereocenters. The lowest BCUT2D eigenvalue weighted by molar-refractivity contribution is -0.157.